The predicted molar refractivity (Wildman–Crippen MR) is 77.0 cm³/mol. The molecule has 0 aliphatic carbocycles. The first-order valence-corrected chi connectivity index (χ1v) is 9.58. The van der Waals surface area contributed by atoms with E-state index in [0.717, 1.165) is 0 Å². The summed E-state index contributed by atoms with van der Waals surface area (Å²) in [7, 11) is 1.02. The zero-order chi connectivity index (χ0) is 11.4. The molecule has 1 aromatic rings. The molecule has 0 atom stereocenters. The van der Waals surface area contributed by atoms with E-state index in [0.29, 0.717) is 21.8 Å². The average Bonchev–Trinajstić information content (AvgIpc) is 2.08. The summed E-state index contributed by atoms with van der Waals surface area (Å²) in [4.78, 5) is 0. The van der Waals surface area contributed by atoms with Crippen molar-refractivity contribution in [2.24, 2.45) is 0 Å². The molecule has 0 N–H and O–H groups in total. The van der Waals surface area contributed by atoms with E-state index in [-0.39, 0.29) is 24.8 Å². The molecule has 0 bridgehead atoms. The van der Waals surface area contributed by atoms with Gasteiger partial charge in [0.1, 0.15) is 11.5 Å². The summed E-state index contributed by atoms with van der Waals surface area (Å²) < 4.78 is 0. The Morgan fingerprint density at radius 2 is 1.41 bits per heavy atom. The number of hydrogen-bond acceptors (Lipinski definition) is 0. The second-order valence-electron chi connectivity index (χ2n) is 4.52. The molecule has 0 aromatic heterocycles. The standard InChI is InChI=1S/C13H22S2.2ClH/c1-11-8-12(9-14(2)3)6-7-13(11)10-15(4)5;;/h6-8H,9-10H2,1-5H3;2*1H/q+2;;/p-2. The second kappa shape index (κ2) is 9.43. The van der Waals surface area contributed by atoms with Gasteiger partial charge in [-0.3, -0.25) is 0 Å². The molecule has 0 heterocycles. The molecule has 0 fully saturated rings. The van der Waals surface area contributed by atoms with Gasteiger partial charge in [-0.15, -0.1) is 0 Å². The highest BCUT2D eigenvalue weighted by Gasteiger charge is 2.10. The highest BCUT2D eigenvalue weighted by Crippen LogP contribution is 2.15. The van der Waals surface area contributed by atoms with E-state index < -0.39 is 0 Å². The van der Waals surface area contributed by atoms with Gasteiger partial charge in [-0.2, -0.15) is 0 Å². The highest BCUT2D eigenvalue weighted by molar-refractivity contribution is 7.95. The first-order valence-electron chi connectivity index (χ1n) is 5.16. The number of aryl methyl sites for hydroxylation is 1. The molecule has 0 aliphatic rings. The molecule has 0 saturated carbocycles. The van der Waals surface area contributed by atoms with Crippen molar-refractivity contribution >= 4 is 21.8 Å². The molecule has 1 rings (SSSR count). The van der Waals surface area contributed by atoms with Gasteiger partial charge in [0.15, 0.2) is 0 Å². The monoisotopic (exact) mass is 312 g/mol. The van der Waals surface area contributed by atoms with Crippen molar-refractivity contribution < 1.29 is 24.8 Å². The minimum atomic E-state index is 0. The Bertz CT molecular complexity index is 325. The normalized spacial score (nSPS) is 10.1. The van der Waals surface area contributed by atoms with Gasteiger partial charge < -0.3 is 24.8 Å². The Hall–Kier alpha value is 0.500. The molecule has 100 valence electrons. The van der Waals surface area contributed by atoms with Gasteiger partial charge in [0.2, 0.25) is 0 Å². The van der Waals surface area contributed by atoms with Gasteiger partial charge in [0, 0.05) is 11.1 Å². The van der Waals surface area contributed by atoms with Crippen LogP contribution in [0.1, 0.15) is 16.7 Å². The van der Waals surface area contributed by atoms with Crippen LogP contribution in [0.4, 0.5) is 0 Å². The fourth-order valence-corrected chi connectivity index (χ4v) is 3.45. The molecule has 4 heteroatoms. The van der Waals surface area contributed by atoms with Crippen LogP contribution >= 0.6 is 0 Å². The molecule has 0 unspecified atom stereocenters. The lowest BCUT2D eigenvalue weighted by Crippen LogP contribution is -3.00. The van der Waals surface area contributed by atoms with E-state index in [2.05, 4.69) is 50.1 Å². The lowest BCUT2D eigenvalue weighted by molar-refractivity contribution is -0.001000. The van der Waals surface area contributed by atoms with Crippen LogP contribution < -0.4 is 24.8 Å². The molecule has 0 saturated heterocycles. The molecular weight excluding hydrogens is 291 g/mol. The predicted octanol–water partition coefficient (Wildman–Crippen LogP) is -3.24. The summed E-state index contributed by atoms with van der Waals surface area (Å²) in [5.41, 5.74) is 4.50. The Morgan fingerprint density at radius 1 is 0.882 bits per heavy atom. The minimum absolute atomic E-state index is 0. The maximum Gasteiger partial charge on any atom is 0.132 e. The summed E-state index contributed by atoms with van der Waals surface area (Å²) >= 11 is 0. The third kappa shape index (κ3) is 7.50. The Morgan fingerprint density at radius 3 is 1.82 bits per heavy atom. The molecule has 0 radical (unpaired) electrons. The summed E-state index contributed by atoms with van der Waals surface area (Å²) in [6.45, 7) is 2.25. The molecule has 0 amide bonds. The summed E-state index contributed by atoms with van der Waals surface area (Å²) in [5.74, 6) is 2.46. The first kappa shape index (κ1) is 19.8. The average molecular weight is 313 g/mol. The van der Waals surface area contributed by atoms with Crippen LogP contribution in [0.3, 0.4) is 0 Å². The summed E-state index contributed by atoms with van der Waals surface area (Å²) in [5, 5.41) is 0. The summed E-state index contributed by atoms with van der Waals surface area (Å²) in [6.07, 6.45) is 9.23. The maximum absolute atomic E-state index is 2.37. The van der Waals surface area contributed by atoms with Gasteiger partial charge in [0.25, 0.3) is 0 Å². The number of benzene rings is 1. The van der Waals surface area contributed by atoms with Crippen molar-refractivity contribution in [3.05, 3.63) is 34.9 Å². The first-order chi connectivity index (χ1) is 6.99. The SMILES string of the molecule is Cc1cc(C[S+](C)C)ccc1C[S+](C)C.[Cl-].[Cl-]. The van der Waals surface area contributed by atoms with Gasteiger partial charge in [0.05, 0.1) is 25.0 Å². The second-order valence-corrected chi connectivity index (χ2v) is 9.04. The molecule has 0 spiro atoms. The Kier molecular flexibility index (Phi) is 11.0. The van der Waals surface area contributed by atoms with E-state index >= 15 is 0 Å². The van der Waals surface area contributed by atoms with Crippen LogP contribution in [0.25, 0.3) is 0 Å². The van der Waals surface area contributed by atoms with Gasteiger partial charge in [-0.25, -0.2) is 0 Å². The third-order valence-electron chi connectivity index (χ3n) is 2.31. The lowest BCUT2D eigenvalue weighted by atomic mass is 10.1. The van der Waals surface area contributed by atoms with Crippen molar-refractivity contribution in [1.29, 1.82) is 0 Å². The van der Waals surface area contributed by atoms with Crippen LogP contribution in [0.15, 0.2) is 18.2 Å². The molecule has 17 heavy (non-hydrogen) atoms. The van der Waals surface area contributed by atoms with E-state index in [4.69, 9.17) is 0 Å². The van der Waals surface area contributed by atoms with Crippen molar-refractivity contribution in [2.45, 2.75) is 18.4 Å². The number of hydrogen-bond donors (Lipinski definition) is 0. The maximum atomic E-state index is 2.37. The van der Waals surface area contributed by atoms with Crippen LogP contribution in [-0.4, -0.2) is 25.0 Å². The van der Waals surface area contributed by atoms with Gasteiger partial charge in [-0.1, -0.05) is 18.2 Å². The van der Waals surface area contributed by atoms with Gasteiger partial charge in [-0.05, 0) is 34.3 Å². The van der Waals surface area contributed by atoms with Crippen LogP contribution in [0.5, 0.6) is 0 Å². The van der Waals surface area contributed by atoms with E-state index in [1.807, 2.05) is 0 Å². The van der Waals surface area contributed by atoms with Crippen LogP contribution in [0, 0.1) is 6.92 Å². The van der Waals surface area contributed by atoms with E-state index in [1.54, 1.807) is 0 Å². The highest BCUT2D eigenvalue weighted by atomic mass is 35.5. The largest absolute Gasteiger partial charge is 1.00 e. The van der Waals surface area contributed by atoms with Crippen molar-refractivity contribution in [2.75, 3.05) is 25.0 Å². The van der Waals surface area contributed by atoms with Crippen molar-refractivity contribution in [1.82, 2.24) is 0 Å². The molecule has 1 aromatic carbocycles. The quantitative estimate of drug-likeness (QED) is 0.513. The Labute approximate surface area is 124 Å². The third-order valence-corrected chi connectivity index (χ3v) is 4.11. The van der Waals surface area contributed by atoms with E-state index in [1.165, 1.54) is 28.2 Å². The molecule has 0 aliphatic heterocycles. The lowest BCUT2D eigenvalue weighted by Gasteiger charge is -2.06. The molecule has 0 nitrogen and oxygen atoms in total. The topological polar surface area (TPSA) is 0 Å². The summed E-state index contributed by atoms with van der Waals surface area (Å²) in [6, 6.07) is 7.00. The van der Waals surface area contributed by atoms with Crippen molar-refractivity contribution in [3.8, 4) is 0 Å². The Balaban J connectivity index is 0. The van der Waals surface area contributed by atoms with Crippen molar-refractivity contribution in [3.63, 3.8) is 0 Å². The zero-order valence-electron chi connectivity index (χ0n) is 11.2. The molecular formula is C13H22Cl2S2. The van der Waals surface area contributed by atoms with Crippen LogP contribution in [-0.2, 0) is 33.3 Å². The fraction of sp³-hybridized carbons (Fsp3) is 0.538. The fourth-order valence-electron chi connectivity index (χ4n) is 1.65. The van der Waals surface area contributed by atoms with Crippen LogP contribution in [0.2, 0.25) is 0 Å². The van der Waals surface area contributed by atoms with Gasteiger partial charge >= 0.3 is 0 Å². The minimum Gasteiger partial charge on any atom is -1.00 e. The zero-order valence-corrected chi connectivity index (χ0v) is 14.4. The van der Waals surface area contributed by atoms with E-state index in [9.17, 15) is 0 Å². The number of halogens is 2. The number of rotatable bonds is 4. The smallest absolute Gasteiger partial charge is 0.132 e.